The molecule has 0 bridgehead atoms. The number of hydrogen-bond acceptors (Lipinski definition) is 4. The Morgan fingerprint density at radius 2 is 1.53 bits per heavy atom. The fourth-order valence-electron chi connectivity index (χ4n) is 4.95. The fourth-order valence-corrected chi connectivity index (χ4v) is 6.86. The van der Waals surface area contributed by atoms with Gasteiger partial charge in [0.1, 0.15) is 21.7 Å². The molecule has 4 aromatic rings. The van der Waals surface area contributed by atoms with Crippen molar-refractivity contribution >= 4 is 81.3 Å². The van der Waals surface area contributed by atoms with Crippen LogP contribution in [0.4, 0.5) is 43.4 Å². The normalized spacial score (nSPS) is 16.5. The summed E-state index contributed by atoms with van der Waals surface area (Å²) in [7, 11) is 0. The molecule has 0 radical (unpaired) electrons. The number of anilines is 3. The molecule has 0 aliphatic heterocycles. The van der Waals surface area contributed by atoms with Gasteiger partial charge in [0, 0.05) is 28.7 Å². The maximum absolute atomic E-state index is 15.3. The van der Waals surface area contributed by atoms with Crippen molar-refractivity contribution in [2.75, 3.05) is 21.7 Å². The van der Waals surface area contributed by atoms with E-state index in [2.05, 4.69) is 16.0 Å². The third kappa shape index (κ3) is 8.29. The molecule has 0 heterocycles. The molecule has 3 N–H and O–H groups in total. The van der Waals surface area contributed by atoms with Gasteiger partial charge in [0.25, 0.3) is 5.91 Å². The first-order valence-corrected chi connectivity index (χ1v) is 16.3. The molecule has 49 heavy (non-hydrogen) atoms. The molecule has 4 aromatic carbocycles. The van der Waals surface area contributed by atoms with Crippen LogP contribution in [0.2, 0.25) is 5.02 Å². The second-order valence-corrected chi connectivity index (χ2v) is 13.8. The van der Waals surface area contributed by atoms with E-state index in [0.29, 0.717) is 17.9 Å². The van der Waals surface area contributed by atoms with Crippen molar-refractivity contribution in [2.45, 2.75) is 27.7 Å². The summed E-state index contributed by atoms with van der Waals surface area (Å²) >= 11 is 20.1. The highest BCUT2D eigenvalue weighted by Crippen LogP contribution is 2.65. The summed E-state index contributed by atoms with van der Waals surface area (Å²) in [6, 6.07) is 16.9. The lowest BCUT2D eigenvalue weighted by molar-refractivity contribution is -0.140. The summed E-state index contributed by atoms with van der Waals surface area (Å²) in [4.78, 5) is 39.5. The van der Waals surface area contributed by atoms with Gasteiger partial charge in [0.2, 0.25) is 11.8 Å². The molecular weight excluding hydrogens is 739 g/mol. The van der Waals surface area contributed by atoms with E-state index in [9.17, 15) is 36.3 Å². The maximum atomic E-state index is 15.3. The van der Waals surface area contributed by atoms with Crippen molar-refractivity contribution in [1.82, 2.24) is 0 Å². The predicted molar refractivity (Wildman–Crippen MR) is 177 cm³/mol. The molecule has 16 heteroatoms. The lowest BCUT2D eigenvalue weighted by Gasteiger charge is -2.13. The Balaban J connectivity index is 1.26. The molecule has 5 rings (SSSR count). The van der Waals surface area contributed by atoms with Gasteiger partial charge in [-0.25, -0.2) is 13.2 Å². The van der Waals surface area contributed by atoms with Crippen molar-refractivity contribution < 1.29 is 40.7 Å². The Labute approximate surface area is 294 Å². The van der Waals surface area contributed by atoms with E-state index in [-0.39, 0.29) is 28.3 Å². The van der Waals surface area contributed by atoms with Crippen LogP contribution < -0.4 is 16.0 Å². The number of alkyl halides is 5. The van der Waals surface area contributed by atoms with E-state index in [4.69, 9.17) is 34.8 Å². The summed E-state index contributed by atoms with van der Waals surface area (Å²) in [6.07, 6.45) is -5.06. The van der Waals surface area contributed by atoms with Crippen molar-refractivity contribution in [3.63, 3.8) is 0 Å². The number of nitrogens with one attached hydrogen (secondary N) is 3. The van der Waals surface area contributed by atoms with Crippen molar-refractivity contribution in [2.24, 2.45) is 5.92 Å². The predicted octanol–water partition coefficient (Wildman–Crippen LogP) is 9.68. The zero-order valence-corrected chi connectivity index (χ0v) is 27.7. The van der Waals surface area contributed by atoms with Crippen LogP contribution in [-0.2, 0) is 15.8 Å². The molecule has 1 saturated carbocycles. The van der Waals surface area contributed by atoms with Crippen LogP contribution in [0.15, 0.2) is 83.8 Å². The summed E-state index contributed by atoms with van der Waals surface area (Å²) in [5, 5.41) is 6.78. The molecule has 0 saturated heterocycles. The van der Waals surface area contributed by atoms with Gasteiger partial charge in [-0.3, -0.25) is 14.4 Å². The molecule has 0 aromatic heterocycles. The number of amides is 3. The largest absolute Gasteiger partial charge is 0.419 e. The number of halogens is 9. The molecular formula is C33H22Cl3F6N3O3S. The summed E-state index contributed by atoms with van der Waals surface area (Å²) in [5.41, 5.74) is -3.18. The number of hydrogen-bond donors (Lipinski definition) is 3. The average Bonchev–Trinajstić information content (AvgIpc) is 3.63. The third-order valence-corrected chi connectivity index (χ3v) is 9.70. The molecule has 1 aliphatic rings. The summed E-state index contributed by atoms with van der Waals surface area (Å²) in [5.74, 6) is -8.33. The Morgan fingerprint density at radius 3 is 2.22 bits per heavy atom. The van der Waals surface area contributed by atoms with Gasteiger partial charge >= 0.3 is 6.18 Å². The minimum atomic E-state index is -5.00. The minimum Gasteiger partial charge on any atom is -0.326 e. The first-order chi connectivity index (χ1) is 23.1. The monoisotopic (exact) mass is 759 g/mol. The molecule has 3 amide bonds. The zero-order valence-electron chi connectivity index (χ0n) is 24.6. The van der Waals surface area contributed by atoms with Gasteiger partial charge in [-0.05, 0) is 60.2 Å². The second kappa shape index (κ2) is 14.5. The summed E-state index contributed by atoms with van der Waals surface area (Å²) in [6.45, 7) is 0. The van der Waals surface area contributed by atoms with Gasteiger partial charge in [0.05, 0.1) is 27.8 Å². The molecule has 6 nitrogen and oxygen atoms in total. The van der Waals surface area contributed by atoms with Gasteiger partial charge in [-0.1, -0.05) is 35.9 Å². The molecule has 1 fully saturated rings. The number of thioether (sulfide) groups is 1. The van der Waals surface area contributed by atoms with Crippen LogP contribution >= 0.6 is 46.6 Å². The molecule has 0 spiro atoms. The molecule has 256 valence electrons. The first-order valence-electron chi connectivity index (χ1n) is 14.2. The van der Waals surface area contributed by atoms with Gasteiger partial charge in [-0.15, -0.1) is 35.0 Å². The highest BCUT2D eigenvalue weighted by Gasteiger charge is 2.67. The van der Waals surface area contributed by atoms with E-state index in [1.54, 1.807) is 0 Å². The Morgan fingerprint density at radius 1 is 0.837 bits per heavy atom. The highest BCUT2D eigenvalue weighted by atomic mass is 35.5. The SMILES string of the molecule is O=C(CCSc1ccccc1)Nc1c(F)ccc(NC(=O)c2cc(NC(=O)[C@H]3[C@H](c4ccc(F)c(C(F)(F)F)c4)C3(Cl)Cl)ccc2Cl)c1F. The Kier molecular flexibility index (Phi) is 10.8. The van der Waals surface area contributed by atoms with E-state index in [1.807, 2.05) is 30.3 Å². The number of carbonyl (C=O) groups excluding carboxylic acids is 3. The van der Waals surface area contributed by atoms with Crippen LogP contribution in [0, 0.1) is 23.4 Å². The standard InChI is InChI=1S/C33H22Cl3F6N3O3S/c34-21-8-7-17(43-31(48)27-26(32(27,35)36)16-6-9-22(37)20(14-16)33(40,41)42)15-19(21)30(47)44-24-11-10-23(38)29(28(24)39)45-25(46)12-13-49-18-4-2-1-3-5-18/h1-11,14-15,26-27H,12-13H2,(H,43,48)(H,44,47)(H,45,46)/t26-,27+/m0/s1. The summed E-state index contributed by atoms with van der Waals surface area (Å²) < 4.78 is 81.5. The highest BCUT2D eigenvalue weighted by molar-refractivity contribution is 7.99. The Bertz CT molecular complexity index is 1930. The van der Waals surface area contributed by atoms with Crippen LogP contribution in [0.3, 0.4) is 0 Å². The van der Waals surface area contributed by atoms with E-state index in [0.717, 1.165) is 29.2 Å². The minimum absolute atomic E-state index is 0.00896. The third-order valence-electron chi connectivity index (χ3n) is 7.41. The zero-order chi connectivity index (χ0) is 35.7. The number of carbonyl (C=O) groups is 3. The van der Waals surface area contributed by atoms with Crippen LogP contribution in [0.25, 0.3) is 0 Å². The van der Waals surface area contributed by atoms with Gasteiger partial charge < -0.3 is 16.0 Å². The fraction of sp³-hybridized carbons (Fsp3) is 0.182. The number of benzene rings is 4. The van der Waals surface area contributed by atoms with Crippen LogP contribution in [0.5, 0.6) is 0 Å². The maximum Gasteiger partial charge on any atom is 0.419 e. The van der Waals surface area contributed by atoms with Crippen LogP contribution in [0.1, 0.15) is 33.8 Å². The van der Waals surface area contributed by atoms with Crippen molar-refractivity contribution in [3.05, 3.63) is 118 Å². The first kappa shape index (κ1) is 36.4. The van der Waals surface area contributed by atoms with E-state index in [1.165, 1.54) is 23.9 Å². The quantitative estimate of drug-likeness (QED) is 0.0854. The van der Waals surface area contributed by atoms with Gasteiger partial charge in [0.15, 0.2) is 5.82 Å². The van der Waals surface area contributed by atoms with E-state index >= 15 is 4.39 Å². The molecule has 2 atom stereocenters. The van der Waals surface area contributed by atoms with Crippen molar-refractivity contribution in [3.8, 4) is 0 Å². The lowest BCUT2D eigenvalue weighted by atomic mass is 10.0. The number of rotatable bonds is 10. The molecule has 1 aliphatic carbocycles. The van der Waals surface area contributed by atoms with E-state index < -0.39 is 74.5 Å². The molecule has 0 unspecified atom stereocenters. The van der Waals surface area contributed by atoms with Crippen LogP contribution in [-0.4, -0.2) is 27.8 Å². The Hall–Kier alpha value is -3.91. The van der Waals surface area contributed by atoms with Crippen molar-refractivity contribution in [1.29, 1.82) is 0 Å². The topological polar surface area (TPSA) is 87.3 Å². The van der Waals surface area contributed by atoms with Gasteiger partial charge in [-0.2, -0.15) is 13.2 Å². The average molecular weight is 761 g/mol. The second-order valence-electron chi connectivity index (χ2n) is 10.7. The lowest BCUT2D eigenvalue weighted by Crippen LogP contribution is -2.19. The smallest absolute Gasteiger partial charge is 0.326 e.